The Hall–Kier alpha value is -4.56. The van der Waals surface area contributed by atoms with E-state index in [2.05, 4.69) is 5.32 Å². The third-order valence-electron chi connectivity index (χ3n) is 6.93. The number of nitrogens with one attached hydrogen (secondary N) is 1. The smallest absolute Gasteiger partial charge is 0.326 e. The molecule has 4 aromatic rings. The van der Waals surface area contributed by atoms with E-state index in [0.717, 1.165) is 16.1 Å². The highest BCUT2D eigenvalue weighted by Gasteiger charge is 2.22. The normalized spacial score (nSPS) is 11.5. The van der Waals surface area contributed by atoms with Crippen LogP contribution in [-0.2, 0) is 16.0 Å². The van der Waals surface area contributed by atoms with Crippen LogP contribution in [0, 0.1) is 5.92 Å². The average Bonchev–Trinajstić information content (AvgIpc) is 3.03. The van der Waals surface area contributed by atoms with Crippen LogP contribution in [0.15, 0.2) is 108 Å². The van der Waals surface area contributed by atoms with Crippen molar-refractivity contribution in [3.05, 3.63) is 120 Å². The summed E-state index contributed by atoms with van der Waals surface area (Å²) < 4.78 is 5.95. The Bertz CT molecular complexity index is 1520. The summed E-state index contributed by atoms with van der Waals surface area (Å²) in [6, 6.07) is 30.0. The lowest BCUT2D eigenvalue weighted by Crippen LogP contribution is -2.37. The van der Waals surface area contributed by atoms with E-state index >= 15 is 0 Å². The number of ether oxygens (including phenoxy) is 1. The number of carboxylic acids is 1. The van der Waals surface area contributed by atoms with Gasteiger partial charge in [0.1, 0.15) is 18.4 Å². The Labute approximate surface area is 256 Å². The van der Waals surface area contributed by atoms with Crippen molar-refractivity contribution in [3.63, 3.8) is 0 Å². The maximum atomic E-state index is 13.1. The van der Waals surface area contributed by atoms with E-state index in [-0.39, 0.29) is 24.0 Å². The monoisotopic (exact) mass is 596 g/mol. The molecule has 0 aliphatic rings. The van der Waals surface area contributed by atoms with Crippen molar-refractivity contribution in [2.45, 2.75) is 31.2 Å². The van der Waals surface area contributed by atoms with Gasteiger partial charge in [-0.05, 0) is 60.4 Å². The molecule has 0 aliphatic heterocycles. The maximum Gasteiger partial charge on any atom is 0.326 e. The molecule has 1 atom stereocenters. The number of carbonyl (C=O) groups excluding carboxylic acids is 2. The maximum absolute atomic E-state index is 13.1. The molecule has 4 aromatic carbocycles. The summed E-state index contributed by atoms with van der Waals surface area (Å²) in [5, 5.41) is 13.0. The molecule has 1 unspecified atom stereocenters. The van der Waals surface area contributed by atoms with E-state index in [0.29, 0.717) is 35.7 Å². The van der Waals surface area contributed by atoms with E-state index in [9.17, 15) is 19.5 Å². The summed E-state index contributed by atoms with van der Waals surface area (Å²) in [4.78, 5) is 41.0. The van der Waals surface area contributed by atoms with Gasteiger partial charge in [-0.3, -0.25) is 9.59 Å². The molecule has 0 heterocycles. The van der Waals surface area contributed by atoms with Gasteiger partial charge in [0, 0.05) is 39.7 Å². The van der Waals surface area contributed by atoms with Crippen molar-refractivity contribution < 1.29 is 24.2 Å². The van der Waals surface area contributed by atoms with Gasteiger partial charge in [0.2, 0.25) is 5.91 Å². The van der Waals surface area contributed by atoms with Gasteiger partial charge in [-0.25, -0.2) is 4.79 Å². The number of nitrogens with zero attached hydrogens (tertiary/aromatic N) is 1. The summed E-state index contributed by atoms with van der Waals surface area (Å²) in [5.41, 5.74) is 3.03. The molecule has 222 valence electrons. The van der Waals surface area contributed by atoms with Crippen molar-refractivity contribution in [3.8, 4) is 5.75 Å². The van der Waals surface area contributed by atoms with Crippen LogP contribution < -0.4 is 15.0 Å². The van der Waals surface area contributed by atoms with Crippen LogP contribution in [-0.4, -0.2) is 48.2 Å². The molecule has 0 saturated heterocycles. The van der Waals surface area contributed by atoms with Gasteiger partial charge in [0.25, 0.3) is 0 Å². The van der Waals surface area contributed by atoms with Gasteiger partial charge >= 0.3 is 5.97 Å². The van der Waals surface area contributed by atoms with Crippen LogP contribution in [0.1, 0.15) is 35.3 Å². The van der Waals surface area contributed by atoms with Gasteiger partial charge in [0.15, 0.2) is 5.78 Å². The van der Waals surface area contributed by atoms with Crippen LogP contribution >= 0.6 is 11.8 Å². The van der Waals surface area contributed by atoms with Gasteiger partial charge < -0.3 is 20.1 Å². The quantitative estimate of drug-likeness (QED) is 0.122. The van der Waals surface area contributed by atoms with Crippen molar-refractivity contribution in [2.24, 2.45) is 5.92 Å². The summed E-state index contributed by atoms with van der Waals surface area (Å²) in [6.07, 6.45) is 2.21. The Kier molecular flexibility index (Phi) is 11.0. The molecule has 4 rings (SSSR count). The molecule has 1 amide bonds. The zero-order chi connectivity index (χ0) is 30.8. The van der Waals surface area contributed by atoms with Crippen LogP contribution in [0.3, 0.4) is 0 Å². The number of rotatable bonds is 14. The summed E-state index contributed by atoms with van der Waals surface area (Å²) in [6.45, 7) is 4.45. The standard InChI is InChI=1S/C35H36N2O5S/c1-24(2)34(39)37(27-15-19-29(43-3)20-16-27)21-22-42-28-17-13-25(14-18-28)23-32(35(40)41)36-31-12-8-7-11-30(31)33(38)26-9-5-4-6-10-26/h4-20,24,32,36H,21-23H2,1-3H3,(H,40,41). The van der Waals surface area contributed by atoms with Gasteiger partial charge in [-0.2, -0.15) is 0 Å². The van der Waals surface area contributed by atoms with Crippen LogP contribution in [0.5, 0.6) is 5.75 Å². The first kappa shape index (κ1) is 31.4. The largest absolute Gasteiger partial charge is 0.492 e. The topological polar surface area (TPSA) is 95.9 Å². The second-order valence-corrected chi connectivity index (χ2v) is 11.2. The molecule has 43 heavy (non-hydrogen) atoms. The minimum absolute atomic E-state index is 0.0232. The van der Waals surface area contributed by atoms with Gasteiger partial charge in [0.05, 0.1) is 6.54 Å². The van der Waals surface area contributed by atoms with Crippen molar-refractivity contribution in [2.75, 3.05) is 29.6 Å². The minimum atomic E-state index is -1.03. The SMILES string of the molecule is CSc1ccc(N(CCOc2ccc(CC(Nc3ccccc3C(=O)c3ccccc3)C(=O)O)cc2)C(=O)C(C)C)cc1. The fourth-order valence-electron chi connectivity index (χ4n) is 4.59. The highest BCUT2D eigenvalue weighted by Crippen LogP contribution is 2.24. The van der Waals surface area contributed by atoms with Crippen molar-refractivity contribution in [1.82, 2.24) is 0 Å². The number of carboxylic acid groups (broad SMARTS) is 1. The lowest BCUT2D eigenvalue weighted by molar-refractivity contribution is -0.137. The van der Waals surface area contributed by atoms with E-state index in [1.807, 2.05) is 62.6 Å². The van der Waals surface area contributed by atoms with E-state index in [1.165, 1.54) is 0 Å². The Balaban J connectivity index is 1.39. The molecule has 2 N–H and O–H groups in total. The average molecular weight is 597 g/mol. The summed E-state index contributed by atoms with van der Waals surface area (Å²) >= 11 is 1.65. The molecule has 0 aliphatic carbocycles. The zero-order valence-electron chi connectivity index (χ0n) is 24.5. The first-order valence-corrected chi connectivity index (χ1v) is 15.3. The van der Waals surface area contributed by atoms with Gasteiger partial charge in [-0.1, -0.05) is 68.4 Å². The molecular weight excluding hydrogens is 560 g/mol. The molecule has 7 nitrogen and oxygen atoms in total. The minimum Gasteiger partial charge on any atom is -0.492 e. The first-order valence-electron chi connectivity index (χ1n) is 14.1. The van der Waals surface area contributed by atoms with E-state index in [4.69, 9.17) is 4.74 Å². The number of amides is 1. The molecule has 0 radical (unpaired) electrons. The second kappa shape index (κ2) is 15.1. The molecule has 0 bridgehead atoms. The summed E-state index contributed by atoms with van der Waals surface area (Å²) in [7, 11) is 0. The number of para-hydroxylation sites is 1. The number of ketones is 1. The first-order chi connectivity index (χ1) is 20.8. The Morgan fingerprint density at radius 1 is 0.860 bits per heavy atom. The highest BCUT2D eigenvalue weighted by atomic mass is 32.2. The van der Waals surface area contributed by atoms with Gasteiger partial charge in [-0.15, -0.1) is 11.8 Å². The molecule has 0 spiro atoms. The van der Waals surface area contributed by atoms with E-state index < -0.39 is 12.0 Å². The van der Waals surface area contributed by atoms with E-state index in [1.54, 1.807) is 77.3 Å². The van der Waals surface area contributed by atoms with Crippen molar-refractivity contribution in [1.29, 1.82) is 0 Å². The summed E-state index contributed by atoms with van der Waals surface area (Å²) in [5.74, 6) is -0.714. The fraction of sp³-hybridized carbons (Fsp3) is 0.229. The fourth-order valence-corrected chi connectivity index (χ4v) is 5.00. The molecule has 0 aromatic heterocycles. The van der Waals surface area contributed by atoms with Crippen LogP contribution in [0.4, 0.5) is 11.4 Å². The van der Waals surface area contributed by atoms with Crippen LogP contribution in [0.25, 0.3) is 0 Å². The number of aliphatic carboxylic acids is 1. The number of hydrogen-bond acceptors (Lipinski definition) is 6. The molecule has 8 heteroatoms. The molecule has 0 fully saturated rings. The Morgan fingerprint density at radius 2 is 1.51 bits per heavy atom. The van der Waals surface area contributed by atoms with Crippen molar-refractivity contribution >= 4 is 40.8 Å². The number of thioether (sulfide) groups is 1. The third-order valence-corrected chi connectivity index (χ3v) is 7.67. The predicted octanol–water partition coefficient (Wildman–Crippen LogP) is 6.82. The van der Waals surface area contributed by atoms with Crippen LogP contribution in [0.2, 0.25) is 0 Å². The number of carbonyl (C=O) groups is 3. The molecule has 0 saturated carbocycles. The molecular formula is C35H36N2O5S. The predicted molar refractivity (Wildman–Crippen MR) is 172 cm³/mol. The lowest BCUT2D eigenvalue weighted by atomic mass is 10.00. The third kappa shape index (κ3) is 8.49. The number of hydrogen-bond donors (Lipinski definition) is 2. The Morgan fingerprint density at radius 3 is 2.14 bits per heavy atom. The number of benzene rings is 4. The highest BCUT2D eigenvalue weighted by molar-refractivity contribution is 7.98. The second-order valence-electron chi connectivity index (χ2n) is 10.3. The zero-order valence-corrected chi connectivity index (χ0v) is 25.3. The number of anilines is 2. The lowest BCUT2D eigenvalue weighted by Gasteiger charge is -2.25.